The maximum absolute atomic E-state index is 6.40. The van der Waals surface area contributed by atoms with Crippen molar-refractivity contribution in [1.29, 1.82) is 0 Å². The van der Waals surface area contributed by atoms with E-state index in [1.54, 1.807) is 45.3 Å². The van der Waals surface area contributed by atoms with E-state index in [9.17, 15) is 0 Å². The largest absolute Gasteiger partial charge is 0.456 e. The molecular formula is C98H56N10OS4. The number of hydrogen-bond acceptors (Lipinski definition) is 15. The molecule has 9 heterocycles. The van der Waals surface area contributed by atoms with Gasteiger partial charge in [-0.2, -0.15) is 0 Å². The van der Waals surface area contributed by atoms with Gasteiger partial charge < -0.3 is 4.42 Å². The molecule has 528 valence electrons. The summed E-state index contributed by atoms with van der Waals surface area (Å²) in [6.07, 6.45) is 6.64. The van der Waals surface area contributed by atoms with Gasteiger partial charge >= 0.3 is 0 Å². The van der Waals surface area contributed by atoms with Crippen LogP contribution in [-0.4, -0.2) is 49.8 Å². The molecule has 9 aromatic heterocycles. The highest BCUT2D eigenvalue weighted by Crippen LogP contribution is 2.48. The normalized spacial score (nSPS) is 12.3. The standard InChI is InChI=1S/C98H56N10OS4/c1-5-23-55(24-6-1)62-51-63(53-64(52-62)94-104-92(60-29-11-4-12-30-60)106-96(108-94)72-37-22-44-80-82(72)70-35-19-38-73(87(70)113-80)97-99-83(57-25-7-2-8-26-57)89-85(101-97)67-32-14-17-41-77(67)110-89)56-45-47-58(48-46-56)84-90-86(68-33-15-18-42-78(68)111-90)102-98(100-84)74-39-20-34-69-81-71(36-21-43-79(81)112-88(69)74)95-105-91(59-27-9-3-10-28-59)103-93(107-95)61-49-50-66-65-31-13-16-40-75(65)109-76(66)54-61/h1-14,16-17,19-54H,15,18H2. The fourth-order valence-corrected chi connectivity index (χ4v) is 21.0. The summed E-state index contributed by atoms with van der Waals surface area (Å²) in [4.78, 5) is 54.2. The minimum atomic E-state index is 0.557. The maximum Gasteiger partial charge on any atom is 0.164 e. The van der Waals surface area contributed by atoms with Gasteiger partial charge in [0.2, 0.25) is 0 Å². The molecule has 0 saturated carbocycles. The van der Waals surface area contributed by atoms with Gasteiger partial charge in [-0.25, -0.2) is 49.8 Å². The first-order chi connectivity index (χ1) is 55.9. The molecule has 15 heteroatoms. The zero-order valence-corrected chi connectivity index (χ0v) is 63.2. The van der Waals surface area contributed by atoms with Gasteiger partial charge in [-0.05, 0) is 102 Å². The average Bonchev–Trinajstić information content (AvgIpc) is 1.61. The Labute approximate surface area is 661 Å². The molecule has 113 heavy (non-hydrogen) atoms. The Morgan fingerprint density at radius 3 is 1.26 bits per heavy atom. The van der Waals surface area contributed by atoms with Crippen LogP contribution in [0.1, 0.15) is 12.8 Å². The van der Waals surface area contributed by atoms with Crippen LogP contribution < -0.4 is 9.75 Å². The molecule has 1 aliphatic carbocycles. The van der Waals surface area contributed by atoms with E-state index in [2.05, 4.69) is 243 Å². The van der Waals surface area contributed by atoms with Crippen LogP contribution in [0.4, 0.5) is 0 Å². The zero-order valence-electron chi connectivity index (χ0n) is 59.9. The fourth-order valence-electron chi connectivity index (χ4n) is 16.1. The Balaban J connectivity index is 0.641. The maximum atomic E-state index is 6.40. The Morgan fingerprint density at radius 2 is 0.637 bits per heavy atom. The van der Waals surface area contributed by atoms with Crippen LogP contribution in [0.25, 0.3) is 241 Å². The van der Waals surface area contributed by atoms with Gasteiger partial charge in [-0.1, -0.05) is 249 Å². The van der Waals surface area contributed by atoms with Crippen molar-refractivity contribution in [1.82, 2.24) is 49.8 Å². The van der Waals surface area contributed by atoms with E-state index in [-0.39, 0.29) is 0 Å². The van der Waals surface area contributed by atoms with Gasteiger partial charge in [0, 0.05) is 127 Å². The number of thiophene rings is 4. The van der Waals surface area contributed by atoms with Crippen molar-refractivity contribution < 1.29 is 4.42 Å². The van der Waals surface area contributed by atoms with Gasteiger partial charge in [-0.3, -0.25) is 0 Å². The van der Waals surface area contributed by atoms with Crippen LogP contribution in [0.5, 0.6) is 0 Å². The minimum absolute atomic E-state index is 0.557. The zero-order chi connectivity index (χ0) is 74.2. The molecule has 11 nitrogen and oxygen atoms in total. The average molecular weight is 1520 g/mol. The summed E-state index contributed by atoms with van der Waals surface area (Å²) >= 11 is 7.01. The molecule has 0 amide bonds. The molecule has 0 fully saturated rings. The van der Waals surface area contributed by atoms with Gasteiger partial charge in [0.25, 0.3) is 0 Å². The van der Waals surface area contributed by atoms with Gasteiger partial charge in [0.05, 0.1) is 31.8 Å². The van der Waals surface area contributed by atoms with E-state index in [4.69, 9.17) is 54.3 Å². The van der Waals surface area contributed by atoms with Crippen LogP contribution in [0.2, 0.25) is 0 Å². The van der Waals surface area contributed by atoms with Crippen LogP contribution in [0, 0.1) is 0 Å². The number of nitrogens with zero attached hydrogens (tertiary/aromatic N) is 10. The van der Waals surface area contributed by atoms with E-state index >= 15 is 0 Å². The van der Waals surface area contributed by atoms with E-state index in [0.717, 1.165) is 190 Å². The molecule has 0 N–H and O–H groups in total. The first kappa shape index (κ1) is 65.1. The Bertz CT molecular complexity index is 7810. The summed E-state index contributed by atoms with van der Waals surface area (Å²) in [6, 6.07) is 106. The number of rotatable bonds is 12. The third kappa shape index (κ3) is 11.1. The Kier molecular flexibility index (Phi) is 15.3. The van der Waals surface area contributed by atoms with Gasteiger partial charge in [-0.15, -0.1) is 45.3 Å². The molecule has 0 aliphatic heterocycles. The lowest BCUT2D eigenvalue weighted by atomic mass is 9.95. The highest BCUT2D eigenvalue weighted by molar-refractivity contribution is 7.27. The lowest BCUT2D eigenvalue weighted by molar-refractivity contribution is 0.669. The SMILES string of the molecule is C1=c2sc3c(-c4ccc(-c5cc(-c6ccccc6)cc(-c6nc(-c7ccccc7)nc(-c7cccc8sc9c(-c%10nc(-c%11ccccc%11)c%11sc%12ccccc%12c%11n%10)cccc9c78)n6)c5)cc4)nc(-c4cccc5c4sc4cccc(-c6nc(-c7ccccc7)nc(-c7ccc8c(c7)oc7ccccc78)n6)c45)nc3c2=CCC1. The van der Waals surface area contributed by atoms with Crippen molar-refractivity contribution in [2.24, 2.45) is 0 Å². The molecule has 23 rings (SSSR count). The molecule has 0 radical (unpaired) electrons. The van der Waals surface area contributed by atoms with Crippen molar-refractivity contribution >= 4 is 150 Å². The molecule has 0 spiro atoms. The number of benzene rings is 13. The second-order valence-corrected chi connectivity index (χ2v) is 32.5. The third-order valence-electron chi connectivity index (χ3n) is 21.5. The van der Waals surface area contributed by atoms with E-state index in [1.807, 2.05) is 72.8 Å². The van der Waals surface area contributed by atoms with Crippen LogP contribution in [0.3, 0.4) is 0 Å². The van der Waals surface area contributed by atoms with Crippen LogP contribution in [-0.2, 0) is 0 Å². The smallest absolute Gasteiger partial charge is 0.164 e. The minimum Gasteiger partial charge on any atom is -0.456 e. The van der Waals surface area contributed by atoms with E-state index in [0.29, 0.717) is 46.6 Å². The quantitative estimate of drug-likeness (QED) is 0.115. The predicted molar refractivity (Wildman–Crippen MR) is 468 cm³/mol. The summed E-state index contributed by atoms with van der Waals surface area (Å²) in [5, 5.41) is 8.68. The van der Waals surface area contributed by atoms with E-state index in [1.165, 1.54) is 14.5 Å². The molecule has 0 bridgehead atoms. The van der Waals surface area contributed by atoms with Crippen molar-refractivity contribution in [2.75, 3.05) is 0 Å². The molecule has 13 aromatic carbocycles. The van der Waals surface area contributed by atoms with Crippen LogP contribution in [0.15, 0.2) is 308 Å². The number of para-hydroxylation sites is 1. The summed E-state index contributed by atoms with van der Waals surface area (Å²) in [6.45, 7) is 0. The van der Waals surface area contributed by atoms with Crippen LogP contribution >= 0.6 is 45.3 Å². The second-order valence-electron chi connectivity index (χ2n) is 28.3. The topological polar surface area (TPSA) is 142 Å². The monoisotopic (exact) mass is 1520 g/mol. The molecular weight excluding hydrogens is 1460 g/mol. The van der Waals surface area contributed by atoms with Crippen molar-refractivity contribution in [3.63, 3.8) is 0 Å². The van der Waals surface area contributed by atoms with Gasteiger partial charge in [0.1, 0.15) is 11.2 Å². The summed E-state index contributed by atoms with van der Waals surface area (Å²) in [7, 11) is 0. The molecule has 0 atom stereocenters. The second kappa shape index (κ2) is 26.5. The van der Waals surface area contributed by atoms with E-state index < -0.39 is 0 Å². The van der Waals surface area contributed by atoms with Crippen molar-refractivity contribution in [3.8, 4) is 136 Å². The Morgan fingerprint density at radius 1 is 0.230 bits per heavy atom. The number of aromatic nitrogens is 10. The molecule has 0 unspecified atom stereocenters. The lowest BCUT2D eigenvalue weighted by Crippen LogP contribution is -2.21. The van der Waals surface area contributed by atoms with Crippen molar-refractivity contribution in [3.05, 3.63) is 313 Å². The first-order valence-corrected chi connectivity index (χ1v) is 40.7. The molecule has 1 aliphatic rings. The number of furan rings is 1. The first-order valence-electron chi connectivity index (χ1n) is 37.5. The molecule has 22 aromatic rings. The Hall–Kier alpha value is -13.8. The van der Waals surface area contributed by atoms with Gasteiger partial charge in [0.15, 0.2) is 46.6 Å². The van der Waals surface area contributed by atoms with Crippen molar-refractivity contribution in [2.45, 2.75) is 12.8 Å². The highest BCUT2D eigenvalue weighted by Gasteiger charge is 2.26. The summed E-state index contributed by atoms with van der Waals surface area (Å²) in [5.74, 6) is 4.77. The highest BCUT2D eigenvalue weighted by atomic mass is 32.1. The lowest BCUT2D eigenvalue weighted by Gasteiger charge is -2.13. The summed E-state index contributed by atoms with van der Waals surface area (Å²) in [5.41, 5.74) is 18.7. The molecule has 0 saturated heterocycles. The fraction of sp³-hybridized carbons (Fsp3) is 0.0204. The predicted octanol–water partition coefficient (Wildman–Crippen LogP) is 25.2. The number of hydrogen-bond donors (Lipinski definition) is 0. The summed E-state index contributed by atoms with van der Waals surface area (Å²) < 4.78 is 15.3. The number of fused-ring (bicyclic) bond motifs is 15. The third-order valence-corrected chi connectivity index (χ3v) is 26.3.